The molecule has 2 N–H and O–H groups in total. The molecule has 0 aliphatic heterocycles. The Morgan fingerprint density at radius 2 is 1.83 bits per heavy atom. The number of H-pyrrole nitrogens is 1. The fourth-order valence-electron chi connectivity index (χ4n) is 2.26. The number of aromatic amines is 1. The minimum atomic E-state index is -0.252. The Labute approximate surface area is 149 Å². The van der Waals surface area contributed by atoms with E-state index in [0.717, 1.165) is 17.7 Å². The van der Waals surface area contributed by atoms with Crippen LogP contribution in [0.2, 0.25) is 10.0 Å². The summed E-state index contributed by atoms with van der Waals surface area (Å²) in [7, 11) is 0. The molecule has 0 atom stereocenters. The Kier molecular flexibility index (Phi) is 4.88. The average molecular weight is 360 g/mol. The topological polar surface area (TPSA) is 57.8 Å². The predicted molar refractivity (Wildman–Crippen MR) is 97.8 cm³/mol. The number of nitrogens with zero attached hydrogens (tertiary/aromatic N) is 1. The van der Waals surface area contributed by atoms with Crippen molar-refractivity contribution in [2.45, 2.75) is 13.3 Å². The van der Waals surface area contributed by atoms with Gasteiger partial charge in [0.25, 0.3) is 5.91 Å². The molecule has 0 radical (unpaired) electrons. The first-order chi connectivity index (χ1) is 11.6. The van der Waals surface area contributed by atoms with E-state index in [1.807, 2.05) is 24.3 Å². The van der Waals surface area contributed by atoms with Gasteiger partial charge in [-0.2, -0.15) is 5.10 Å². The highest BCUT2D eigenvalue weighted by atomic mass is 35.5. The van der Waals surface area contributed by atoms with Crippen molar-refractivity contribution in [2.24, 2.45) is 0 Å². The summed E-state index contributed by atoms with van der Waals surface area (Å²) < 4.78 is 0. The van der Waals surface area contributed by atoms with Crippen molar-refractivity contribution < 1.29 is 4.79 Å². The second-order valence-corrected chi connectivity index (χ2v) is 6.11. The van der Waals surface area contributed by atoms with E-state index in [4.69, 9.17) is 23.2 Å². The number of aryl methyl sites for hydroxylation is 1. The molecule has 6 heteroatoms. The van der Waals surface area contributed by atoms with E-state index in [-0.39, 0.29) is 5.91 Å². The minimum Gasteiger partial charge on any atom is -0.321 e. The summed E-state index contributed by atoms with van der Waals surface area (Å²) in [6.07, 6.45) is 0.960. The summed E-state index contributed by atoms with van der Waals surface area (Å²) in [5.74, 6) is -0.252. The number of aromatic nitrogens is 2. The molecule has 0 saturated carbocycles. The van der Waals surface area contributed by atoms with E-state index < -0.39 is 0 Å². The van der Waals surface area contributed by atoms with Crippen LogP contribution in [0.25, 0.3) is 11.3 Å². The zero-order chi connectivity index (χ0) is 17.1. The van der Waals surface area contributed by atoms with Crippen LogP contribution >= 0.6 is 23.2 Å². The molecule has 0 aliphatic carbocycles. The van der Waals surface area contributed by atoms with Gasteiger partial charge in [0.05, 0.1) is 15.7 Å². The molecule has 2 aromatic carbocycles. The van der Waals surface area contributed by atoms with Gasteiger partial charge in [-0.1, -0.05) is 48.3 Å². The molecule has 3 aromatic rings. The fourth-order valence-corrected chi connectivity index (χ4v) is 2.56. The summed E-state index contributed by atoms with van der Waals surface area (Å²) >= 11 is 11.9. The molecule has 122 valence electrons. The molecule has 1 amide bonds. The smallest absolute Gasteiger partial charge is 0.273 e. The van der Waals surface area contributed by atoms with Crippen molar-refractivity contribution in [3.63, 3.8) is 0 Å². The van der Waals surface area contributed by atoms with Crippen molar-refractivity contribution >= 4 is 34.8 Å². The lowest BCUT2D eigenvalue weighted by atomic mass is 10.1. The van der Waals surface area contributed by atoms with Gasteiger partial charge in [-0.15, -0.1) is 0 Å². The quantitative estimate of drug-likeness (QED) is 0.672. The third-order valence-electron chi connectivity index (χ3n) is 3.66. The van der Waals surface area contributed by atoms with Crippen LogP contribution in [0, 0.1) is 0 Å². The van der Waals surface area contributed by atoms with Crippen molar-refractivity contribution in [1.82, 2.24) is 10.2 Å². The monoisotopic (exact) mass is 359 g/mol. The molecule has 0 spiro atoms. The van der Waals surface area contributed by atoms with Crippen LogP contribution in [-0.2, 0) is 6.42 Å². The van der Waals surface area contributed by atoms with Gasteiger partial charge in [0.1, 0.15) is 5.69 Å². The molecule has 0 aliphatic rings. The normalized spacial score (nSPS) is 10.6. The lowest BCUT2D eigenvalue weighted by molar-refractivity contribution is 0.102. The Morgan fingerprint density at radius 1 is 1.08 bits per heavy atom. The van der Waals surface area contributed by atoms with Gasteiger partial charge in [0.2, 0.25) is 0 Å². The molecule has 1 heterocycles. The van der Waals surface area contributed by atoms with Gasteiger partial charge >= 0.3 is 0 Å². The van der Waals surface area contributed by atoms with Crippen LogP contribution in [0.15, 0.2) is 48.5 Å². The van der Waals surface area contributed by atoms with Crippen LogP contribution in [0.4, 0.5) is 5.69 Å². The van der Waals surface area contributed by atoms with Gasteiger partial charge < -0.3 is 5.32 Å². The van der Waals surface area contributed by atoms with Gasteiger partial charge in [0.15, 0.2) is 0 Å². The highest BCUT2D eigenvalue weighted by Crippen LogP contribution is 2.27. The van der Waals surface area contributed by atoms with Crippen molar-refractivity contribution in [1.29, 1.82) is 0 Å². The summed E-state index contributed by atoms with van der Waals surface area (Å²) in [6, 6.07) is 14.6. The summed E-state index contributed by atoms with van der Waals surface area (Å²) in [5, 5.41) is 10.7. The maximum absolute atomic E-state index is 12.3. The minimum absolute atomic E-state index is 0.252. The highest BCUT2D eigenvalue weighted by molar-refractivity contribution is 6.42. The van der Waals surface area contributed by atoms with Gasteiger partial charge in [0, 0.05) is 11.3 Å². The van der Waals surface area contributed by atoms with E-state index in [1.165, 1.54) is 5.56 Å². The van der Waals surface area contributed by atoms with E-state index in [9.17, 15) is 4.79 Å². The average Bonchev–Trinajstić information content (AvgIpc) is 3.08. The number of carbonyl (C=O) groups is 1. The second kappa shape index (κ2) is 7.07. The summed E-state index contributed by atoms with van der Waals surface area (Å²) in [6.45, 7) is 2.09. The zero-order valence-electron chi connectivity index (χ0n) is 12.9. The number of anilines is 1. The molecule has 3 rings (SSSR count). The van der Waals surface area contributed by atoms with E-state index in [0.29, 0.717) is 21.4 Å². The maximum Gasteiger partial charge on any atom is 0.273 e. The molecule has 24 heavy (non-hydrogen) atoms. The zero-order valence-corrected chi connectivity index (χ0v) is 14.4. The molecule has 1 aromatic heterocycles. The van der Waals surface area contributed by atoms with Crippen LogP contribution in [0.1, 0.15) is 23.0 Å². The molecule has 0 unspecified atom stereocenters. The molecule has 0 bridgehead atoms. The SMILES string of the molecule is CCc1ccc(NC(=O)c2cc(-c3ccc(Cl)c(Cl)c3)n[nH]2)cc1. The first-order valence-corrected chi connectivity index (χ1v) is 8.23. The molecular weight excluding hydrogens is 345 g/mol. The van der Waals surface area contributed by atoms with Crippen LogP contribution in [0.5, 0.6) is 0 Å². The number of benzene rings is 2. The van der Waals surface area contributed by atoms with Crippen LogP contribution < -0.4 is 5.32 Å². The van der Waals surface area contributed by atoms with Crippen molar-refractivity contribution in [3.8, 4) is 11.3 Å². The summed E-state index contributed by atoms with van der Waals surface area (Å²) in [5.41, 5.74) is 3.74. The largest absolute Gasteiger partial charge is 0.321 e. The van der Waals surface area contributed by atoms with Crippen molar-refractivity contribution in [2.75, 3.05) is 5.32 Å². The van der Waals surface area contributed by atoms with E-state index in [2.05, 4.69) is 22.4 Å². The summed E-state index contributed by atoms with van der Waals surface area (Å²) in [4.78, 5) is 12.3. The second-order valence-electron chi connectivity index (χ2n) is 5.30. The van der Waals surface area contributed by atoms with E-state index in [1.54, 1.807) is 24.3 Å². The molecule has 0 saturated heterocycles. The first kappa shape index (κ1) is 16.6. The Balaban J connectivity index is 1.76. The van der Waals surface area contributed by atoms with Gasteiger partial charge in [-0.05, 0) is 42.3 Å². The Hall–Kier alpha value is -2.30. The van der Waals surface area contributed by atoms with Gasteiger partial charge in [-0.25, -0.2) is 0 Å². The lowest BCUT2D eigenvalue weighted by Gasteiger charge is -2.04. The third kappa shape index (κ3) is 3.61. The number of halogens is 2. The van der Waals surface area contributed by atoms with Crippen molar-refractivity contribution in [3.05, 3.63) is 69.8 Å². The number of carbonyl (C=O) groups excluding carboxylic acids is 1. The number of rotatable bonds is 4. The standard InChI is InChI=1S/C18H15Cl2N3O/c1-2-11-3-6-13(7-4-11)21-18(24)17-10-16(22-23-17)12-5-8-14(19)15(20)9-12/h3-10H,2H2,1H3,(H,21,24)(H,22,23). The Morgan fingerprint density at radius 3 is 2.50 bits per heavy atom. The van der Waals surface area contributed by atoms with E-state index >= 15 is 0 Å². The number of hydrogen-bond acceptors (Lipinski definition) is 2. The highest BCUT2D eigenvalue weighted by Gasteiger charge is 2.12. The molecular formula is C18H15Cl2N3O. The third-order valence-corrected chi connectivity index (χ3v) is 4.40. The lowest BCUT2D eigenvalue weighted by Crippen LogP contribution is -2.12. The number of hydrogen-bond donors (Lipinski definition) is 2. The van der Waals surface area contributed by atoms with Crippen LogP contribution in [0.3, 0.4) is 0 Å². The Bertz CT molecular complexity index is 872. The number of amides is 1. The number of nitrogens with one attached hydrogen (secondary N) is 2. The fraction of sp³-hybridized carbons (Fsp3) is 0.111. The maximum atomic E-state index is 12.3. The predicted octanol–water partition coefficient (Wildman–Crippen LogP) is 5.20. The molecule has 4 nitrogen and oxygen atoms in total. The first-order valence-electron chi connectivity index (χ1n) is 7.48. The van der Waals surface area contributed by atoms with Gasteiger partial charge in [-0.3, -0.25) is 9.89 Å². The van der Waals surface area contributed by atoms with Crippen LogP contribution in [-0.4, -0.2) is 16.1 Å². The molecule has 0 fully saturated rings.